The fourth-order valence-electron chi connectivity index (χ4n) is 1.33. The molecule has 0 spiro atoms. The van der Waals surface area contributed by atoms with Crippen molar-refractivity contribution in [3.8, 4) is 0 Å². The third-order valence-electron chi connectivity index (χ3n) is 2.27. The van der Waals surface area contributed by atoms with Gasteiger partial charge < -0.3 is 19.3 Å². The lowest BCUT2D eigenvalue weighted by molar-refractivity contribution is 0.0286. The average molecular weight is 301 g/mol. The third-order valence-corrected chi connectivity index (χ3v) is 3.24. The van der Waals surface area contributed by atoms with Gasteiger partial charge in [0.15, 0.2) is 0 Å². The molecule has 1 rings (SSSR count). The highest BCUT2D eigenvalue weighted by atomic mass is 32.2. The second-order valence-corrected chi connectivity index (χ2v) is 4.81. The number of carboxylic acid groups (broad SMARTS) is 1. The van der Waals surface area contributed by atoms with Gasteiger partial charge in [0.1, 0.15) is 5.03 Å². The van der Waals surface area contributed by atoms with Gasteiger partial charge in [-0.1, -0.05) is 0 Å². The Morgan fingerprint density at radius 3 is 2.65 bits per heavy atom. The molecule has 7 heteroatoms. The number of aromatic carboxylic acids is 1. The second kappa shape index (κ2) is 10.6. The van der Waals surface area contributed by atoms with Crippen molar-refractivity contribution in [1.82, 2.24) is 4.98 Å². The van der Waals surface area contributed by atoms with E-state index in [1.54, 1.807) is 25.4 Å². The summed E-state index contributed by atoms with van der Waals surface area (Å²) in [5.41, 5.74) is 0.223. The summed E-state index contributed by atoms with van der Waals surface area (Å²) >= 11 is 1.37. The van der Waals surface area contributed by atoms with E-state index in [2.05, 4.69) is 4.98 Å². The van der Waals surface area contributed by atoms with Crippen LogP contribution in [0, 0.1) is 0 Å². The standard InChI is InChI=1S/C13H19NO5S/c1-17-5-6-18-7-8-19-9-10-20-12-11(13(15)16)3-2-4-14-12/h2-4H,5-10H2,1H3,(H,15,16). The molecule has 0 saturated carbocycles. The van der Waals surface area contributed by atoms with E-state index in [1.165, 1.54) is 11.8 Å². The minimum absolute atomic E-state index is 0.223. The van der Waals surface area contributed by atoms with Crippen LogP contribution in [-0.4, -0.2) is 62.0 Å². The van der Waals surface area contributed by atoms with Crippen LogP contribution in [0.2, 0.25) is 0 Å². The summed E-state index contributed by atoms with van der Waals surface area (Å²) < 4.78 is 15.5. The minimum Gasteiger partial charge on any atom is -0.478 e. The number of aromatic nitrogens is 1. The zero-order chi connectivity index (χ0) is 14.6. The molecule has 0 aliphatic carbocycles. The van der Waals surface area contributed by atoms with E-state index < -0.39 is 5.97 Å². The molecule has 1 aromatic heterocycles. The predicted molar refractivity (Wildman–Crippen MR) is 75.4 cm³/mol. The van der Waals surface area contributed by atoms with Gasteiger partial charge in [0.2, 0.25) is 0 Å². The van der Waals surface area contributed by atoms with Gasteiger partial charge in [-0.05, 0) is 12.1 Å². The predicted octanol–water partition coefficient (Wildman–Crippen LogP) is 1.55. The zero-order valence-corrected chi connectivity index (χ0v) is 12.2. The van der Waals surface area contributed by atoms with Crippen molar-refractivity contribution in [2.45, 2.75) is 5.03 Å². The molecule has 0 saturated heterocycles. The van der Waals surface area contributed by atoms with Gasteiger partial charge in [-0.15, -0.1) is 11.8 Å². The van der Waals surface area contributed by atoms with Crippen molar-refractivity contribution >= 4 is 17.7 Å². The maximum absolute atomic E-state index is 11.0. The van der Waals surface area contributed by atoms with Crippen LogP contribution >= 0.6 is 11.8 Å². The Labute approximate surface area is 122 Å². The first-order chi connectivity index (χ1) is 9.75. The Morgan fingerprint density at radius 2 is 1.95 bits per heavy atom. The number of pyridine rings is 1. The summed E-state index contributed by atoms with van der Waals surface area (Å²) in [4.78, 5) is 15.0. The van der Waals surface area contributed by atoms with Crippen molar-refractivity contribution in [3.63, 3.8) is 0 Å². The van der Waals surface area contributed by atoms with Crippen LogP contribution in [0.4, 0.5) is 0 Å². The quantitative estimate of drug-likeness (QED) is 0.491. The third kappa shape index (κ3) is 6.85. The molecule has 112 valence electrons. The Kier molecular flexibility index (Phi) is 8.97. The fraction of sp³-hybridized carbons (Fsp3) is 0.538. The Balaban J connectivity index is 2.11. The topological polar surface area (TPSA) is 77.9 Å². The first-order valence-corrected chi connectivity index (χ1v) is 7.19. The van der Waals surface area contributed by atoms with Crippen LogP contribution in [0.1, 0.15) is 10.4 Å². The summed E-state index contributed by atoms with van der Waals surface area (Å²) in [6, 6.07) is 3.16. The molecule has 1 aromatic rings. The van der Waals surface area contributed by atoms with E-state index in [0.29, 0.717) is 43.8 Å². The largest absolute Gasteiger partial charge is 0.478 e. The first kappa shape index (κ1) is 16.9. The average Bonchev–Trinajstić information content (AvgIpc) is 2.46. The number of thioether (sulfide) groups is 1. The molecule has 0 aliphatic rings. The van der Waals surface area contributed by atoms with Gasteiger partial charge in [0.05, 0.1) is 38.6 Å². The smallest absolute Gasteiger partial charge is 0.338 e. The molecule has 0 unspecified atom stereocenters. The van der Waals surface area contributed by atoms with Crippen molar-refractivity contribution in [2.75, 3.05) is 45.9 Å². The molecule has 20 heavy (non-hydrogen) atoms. The molecule has 0 aliphatic heterocycles. The molecular formula is C13H19NO5S. The lowest BCUT2D eigenvalue weighted by Gasteiger charge is -2.06. The SMILES string of the molecule is COCCOCCOCCSc1ncccc1C(=O)O. The van der Waals surface area contributed by atoms with Gasteiger partial charge in [-0.2, -0.15) is 0 Å². The maximum Gasteiger partial charge on any atom is 0.338 e. The molecule has 0 radical (unpaired) electrons. The van der Waals surface area contributed by atoms with E-state index in [-0.39, 0.29) is 5.56 Å². The molecular weight excluding hydrogens is 282 g/mol. The lowest BCUT2D eigenvalue weighted by Crippen LogP contribution is -2.09. The van der Waals surface area contributed by atoms with E-state index in [1.807, 2.05) is 0 Å². The van der Waals surface area contributed by atoms with Crippen LogP contribution in [0.5, 0.6) is 0 Å². The molecule has 6 nitrogen and oxygen atoms in total. The van der Waals surface area contributed by atoms with Crippen LogP contribution in [-0.2, 0) is 14.2 Å². The number of methoxy groups -OCH3 is 1. The molecule has 0 amide bonds. The number of nitrogens with zero attached hydrogens (tertiary/aromatic N) is 1. The molecule has 0 atom stereocenters. The number of rotatable bonds is 11. The number of carboxylic acids is 1. The number of hydrogen-bond acceptors (Lipinski definition) is 6. The monoisotopic (exact) mass is 301 g/mol. The maximum atomic E-state index is 11.0. The first-order valence-electron chi connectivity index (χ1n) is 6.21. The summed E-state index contributed by atoms with van der Waals surface area (Å²) in [6.07, 6.45) is 1.58. The fourth-order valence-corrected chi connectivity index (χ4v) is 2.17. The molecule has 0 fully saturated rings. The van der Waals surface area contributed by atoms with Crippen LogP contribution in [0.3, 0.4) is 0 Å². The number of hydrogen-bond donors (Lipinski definition) is 1. The van der Waals surface area contributed by atoms with Gasteiger partial charge in [-0.25, -0.2) is 9.78 Å². The summed E-state index contributed by atoms with van der Waals surface area (Å²) in [5.74, 6) is -0.317. The second-order valence-electron chi connectivity index (χ2n) is 3.73. The molecule has 0 bridgehead atoms. The van der Waals surface area contributed by atoms with Crippen LogP contribution < -0.4 is 0 Å². The van der Waals surface area contributed by atoms with E-state index in [9.17, 15) is 4.79 Å². The van der Waals surface area contributed by atoms with E-state index in [0.717, 1.165) is 0 Å². The van der Waals surface area contributed by atoms with Gasteiger partial charge in [-0.3, -0.25) is 0 Å². The van der Waals surface area contributed by atoms with Crippen molar-refractivity contribution in [3.05, 3.63) is 23.9 Å². The Morgan fingerprint density at radius 1 is 1.25 bits per heavy atom. The highest BCUT2D eigenvalue weighted by Gasteiger charge is 2.10. The molecule has 0 aromatic carbocycles. The highest BCUT2D eigenvalue weighted by Crippen LogP contribution is 2.19. The highest BCUT2D eigenvalue weighted by molar-refractivity contribution is 7.99. The van der Waals surface area contributed by atoms with Crippen molar-refractivity contribution in [2.24, 2.45) is 0 Å². The number of carbonyl (C=O) groups is 1. The minimum atomic E-state index is -0.965. The lowest BCUT2D eigenvalue weighted by atomic mass is 10.3. The summed E-state index contributed by atoms with van der Waals surface area (Å²) in [7, 11) is 1.63. The molecule has 1 heterocycles. The summed E-state index contributed by atoms with van der Waals surface area (Å²) in [6.45, 7) is 2.70. The Hall–Kier alpha value is -1.15. The van der Waals surface area contributed by atoms with Gasteiger partial charge >= 0.3 is 5.97 Å². The van der Waals surface area contributed by atoms with Crippen LogP contribution in [0.25, 0.3) is 0 Å². The number of ether oxygens (including phenoxy) is 3. The van der Waals surface area contributed by atoms with Crippen LogP contribution in [0.15, 0.2) is 23.4 Å². The van der Waals surface area contributed by atoms with Crippen molar-refractivity contribution in [1.29, 1.82) is 0 Å². The Bertz CT molecular complexity index is 402. The van der Waals surface area contributed by atoms with Crippen molar-refractivity contribution < 1.29 is 24.1 Å². The van der Waals surface area contributed by atoms with Gasteiger partial charge in [0.25, 0.3) is 0 Å². The normalized spacial score (nSPS) is 10.7. The molecule has 1 N–H and O–H groups in total. The zero-order valence-electron chi connectivity index (χ0n) is 11.4. The van der Waals surface area contributed by atoms with E-state index in [4.69, 9.17) is 19.3 Å². The summed E-state index contributed by atoms with van der Waals surface area (Å²) in [5, 5.41) is 9.51. The van der Waals surface area contributed by atoms with Gasteiger partial charge in [0, 0.05) is 19.1 Å². The van der Waals surface area contributed by atoms with E-state index >= 15 is 0 Å².